The summed E-state index contributed by atoms with van der Waals surface area (Å²) in [6.45, 7) is 6.18. The number of fused-ring (bicyclic) bond motifs is 3. The lowest BCUT2D eigenvalue weighted by Crippen LogP contribution is -2.14. The van der Waals surface area contributed by atoms with Gasteiger partial charge in [-0.3, -0.25) is 9.20 Å². The number of pyridine rings is 1. The number of amides is 1. The van der Waals surface area contributed by atoms with Gasteiger partial charge in [-0.05, 0) is 73.2 Å². The standard InChI is InChI=1S/C23H22N4O3S/c1-13-5-6-17-11-14(2)21-25-26-23(27(21)20(17)15(13)3)31-12-19(28)24-18-9-7-16(8-10-18)22(29)30-4/h5-11H,12H2,1-4H3,(H,24,28). The topological polar surface area (TPSA) is 85.6 Å². The summed E-state index contributed by atoms with van der Waals surface area (Å²) < 4.78 is 6.72. The van der Waals surface area contributed by atoms with Crippen LogP contribution in [0.15, 0.2) is 47.6 Å². The molecule has 2 heterocycles. The number of methoxy groups -OCH3 is 1. The number of carbonyl (C=O) groups is 2. The summed E-state index contributed by atoms with van der Waals surface area (Å²) >= 11 is 1.34. The first-order valence-electron chi connectivity index (χ1n) is 9.74. The van der Waals surface area contributed by atoms with Crippen molar-refractivity contribution in [2.45, 2.75) is 25.9 Å². The molecule has 8 heteroatoms. The third-order valence-electron chi connectivity index (χ3n) is 5.24. The Hall–Kier alpha value is -3.39. The molecule has 2 aromatic carbocycles. The first-order valence-corrected chi connectivity index (χ1v) is 10.7. The molecule has 1 N–H and O–H groups in total. The van der Waals surface area contributed by atoms with Gasteiger partial charge in [-0.25, -0.2) is 4.79 Å². The normalized spacial score (nSPS) is 11.1. The van der Waals surface area contributed by atoms with Crippen molar-refractivity contribution < 1.29 is 14.3 Å². The molecule has 0 spiro atoms. The van der Waals surface area contributed by atoms with Crippen LogP contribution in [0.1, 0.15) is 27.0 Å². The molecule has 4 rings (SSSR count). The molecule has 0 unspecified atom stereocenters. The van der Waals surface area contributed by atoms with Gasteiger partial charge in [0.2, 0.25) is 5.91 Å². The molecule has 4 aromatic rings. The lowest BCUT2D eigenvalue weighted by molar-refractivity contribution is -0.113. The van der Waals surface area contributed by atoms with Crippen LogP contribution >= 0.6 is 11.8 Å². The van der Waals surface area contributed by atoms with Crippen LogP contribution in [-0.2, 0) is 9.53 Å². The molecule has 0 aliphatic rings. The summed E-state index contributed by atoms with van der Waals surface area (Å²) in [6.07, 6.45) is 0. The van der Waals surface area contributed by atoms with Crippen LogP contribution in [-0.4, -0.2) is 39.3 Å². The minimum atomic E-state index is -0.417. The van der Waals surface area contributed by atoms with Crippen LogP contribution in [0.4, 0.5) is 5.69 Å². The fourth-order valence-electron chi connectivity index (χ4n) is 3.49. The lowest BCUT2D eigenvalue weighted by Gasteiger charge is -2.11. The molecule has 0 aliphatic heterocycles. The number of ether oxygens (including phenoxy) is 1. The second-order valence-electron chi connectivity index (χ2n) is 7.32. The maximum Gasteiger partial charge on any atom is 0.337 e. The zero-order chi connectivity index (χ0) is 22.1. The number of nitrogens with zero attached hydrogens (tertiary/aromatic N) is 3. The van der Waals surface area contributed by atoms with E-state index >= 15 is 0 Å². The van der Waals surface area contributed by atoms with E-state index in [2.05, 4.69) is 52.3 Å². The maximum atomic E-state index is 12.5. The van der Waals surface area contributed by atoms with E-state index in [0.29, 0.717) is 16.4 Å². The Balaban J connectivity index is 1.56. The van der Waals surface area contributed by atoms with Crippen molar-refractivity contribution in [3.05, 3.63) is 64.7 Å². The van der Waals surface area contributed by atoms with Gasteiger partial charge in [0, 0.05) is 5.69 Å². The number of aryl methyl sites for hydroxylation is 3. The highest BCUT2D eigenvalue weighted by atomic mass is 32.2. The first-order chi connectivity index (χ1) is 14.9. The van der Waals surface area contributed by atoms with Crippen LogP contribution in [0, 0.1) is 20.8 Å². The van der Waals surface area contributed by atoms with Gasteiger partial charge >= 0.3 is 5.97 Å². The third-order valence-corrected chi connectivity index (χ3v) is 6.17. The number of thioether (sulfide) groups is 1. The van der Waals surface area contributed by atoms with Gasteiger partial charge in [0.25, 0.3) is 0 Å². The van der Waals surface area contributed by atoms with E-state index in [1.54, 1.807) is 24.3 Å². The van der Waals surface area contributed by atoms with E-state index in [4.69, 9.17) is 0 Å². The second kappa shape index (κ2) is 8.39. The predicted molar refractivity (Wildman–Crippen MR) is 122 cm³/mol. The molecule has 0 saturated heterocycles. The summed E-state index contributed by atoms with van der Waals surface area (Å²) in [7, 11) is 1.33. The number of esters is 1. The highest BCUT2D eigenvalue weighted by molar-refractivity contribution is 7.99. The van der Waals surface area contributed by atoms with Crippen LogP contribution in [0.3, 0.4) is 0 Å². The first kappa shape index (κ1) is 20.9. The number of benzene rings is 2. The van der Waals surface area contributed by atoms with E-state index in [0.717, 1.165) is 22.1 Å². The van der Waals surface area contributed by atoms with E-state index < -0.39 is 5.97 Å². The van der Waals surface area contributed by atoms with E-state index in [1.807, 2.05) is 11.3 Å². The van der Waals surface area contributed by atoms with E-state index in [-0.39, 0.29) is 11.7 Å². The minimum absolute atomic E-state index is 0.169. The Bertz CT molecular complexity index is 1310. The molecule has 0 saturated carbocycles. The lowest BCUT2D eigenvalue weighted by atomic mass is 10.0. The van der Waals surface area contributed by atoms with Gasteiger partial charge < -0.3 is 10.1 Å². The highest BCUT2D eigenvalue weighted by Gasteiger charge is 2.16. The molecule has 0 fully saturated rings. The van der Waals surface area contributed by atoms with Crippen molar-refractivity contribution in [1.29, 1.82) is 0 Å². The van der Waals surface area contributed by atoms with Crippen molar-refractivity contribution in [2.24, 2.45) is 0 Å². The van der Waals surface area contributed by atoms with Crippen LogP contribution < -0.4 is 5.32 Å². The molecule has 0 aliphatic carbocycles. The molecule has 2 aromatic heterocycles. The predicted octanol–water partition coefficient (Wildman–Crippen LogP) is 4.33. The van der Waals surface area contributed by atoms with Crippen LogP contribution in [0.5, 0.6) is 0 Å². The Labute approximate surface area is 183 Å². The Kier molecular flexibility index (Phi) is 5.65. The van der Waals surface area contributed by atoms with Gasteiger partial charge in [-0.15, -0.1) is 10.2 Å². The summed E-state index contributed by atoms with van der Waals surface area (Å²) in [4.78, 5) is 24.0. The summed E-state index contributed by atoms with van der Waals surface area (Å²) in [5.41, 5.74) is 6.28. The molecular weight excluding hydrogens is 412 g/mol. The average Bonchev–Trinajstić information content (AvgIpc) is 3.19. The molecule has 0 bridgehead atoms. The Morgan fingerprint density at radius 2 is 1.77 bits per heavy atom. The quantitative estimate of drug-likeness (QED) is 0.372. The average molecular weight is 435 g/mol. The Morgan fingerprint density at radius 3 is 2.48 bits per heavy atom. The number of rotatable bonds is 5. The van der Waals surface area contributed by atoms with E-state index in [1.165, 1.54) is 30.0 Å². The number of carbonyl (C=O) groups excluding carboxylic acids is 2. The zero-order valence-corrected chi connectivity index (χ0v) is 18.5. The fourth-order valence-corrected chi connectivity index (χ4v) is 4.23. The number of aromatic nitrogens is 3. The molecule has 7 nitrogen and oxygen atoms in total. The van der Waals surface area contributed by atoms with Crippen molar-refractivity contribution in [3.8, 4) is 0 Å². The van der Waals surface area contributed by atoms with Gasteiger partial charge in [-0.2, -0.15) is 0 Å². The smallest absolute Gasteiger partial charge is 0.337 e. The molecule has 1 amide bonds. The number of hydrogen-bond donors (Lipinski definition) is 1. The van der Waals surface area contributed by atoms with Crippen LogP contribution in [0.25, 0.3) is 16.6 Å². The minimum Gasteiger partial charge on any atom is -0.465 e. The molecule has 0 radical (unpaired) electrons. The maximum absolute atomic E-state index is 12.5. The van der Waals surface area contributed by atoms with Crippen molar-refractivity contribution in [3.63, 3.8) is 0 Å². The van der Waals surface area contributed by atoms with Gasteiger partial charge in [0.15, 0.2) is 10.8 Å². The number of hydrogen-bond acceptors (Lipinski definition) is 6. The van der Waals surface area contributed by atoms with Crippen LogP contribution in [0.2, 0.25) is 0 Å². The monoisotopic (exact) mass is 434 g/mol. The van der Waals surface area contributed by atoms with Crippen molar-refractivity contribution >= 4 is 45.9 Å². The summed E-state index contributed by atoms with van der Waals surface area (Å²) in [5.74, 6) is -0.405. The highest BCUT2D eigenvalue weighted by Crippen LogP contribution is 2.29. The van der Waals surface area contributed by atoms with Crippen molar-refractivity contribution in [2.75, 3.05) is 18.2 Å². The van der Waals surface area contributed by atoms with E-state index in [9.17, 15) is 9.59 Å². The van der Waals surface area contributed by atoms with Gasteiger partial charge in [-0.1, -0.05) is 23.9 Å². The molecule has 0 atom stereocenters. The Morgan fingerprint density at radius 1 is 1.03 bits per heavy atom. The van der Waals surface area contributed by atoms with Crippen molar-refractivity contribution in [1.82, 2.24) is 14.6 Å². The molecule has 31 heavy (non-hydrogen) atoms. The number of nitrogens with one attached hydrogen (secondary N) is 1. The van der Waals surface area contributed by atoms with Gasteiger partial charge in [0.1, 0.15) is 0 Å². The second-order valence-corrected chi connectivity index (χ2v) is 8.26. The SMILES string of the molecule is COC(=O)c1ccc(NC(=O)CSc2nnc3c(C)cc4ccc(C)c(C)c4n23)cc1. The van der Waals surface area contributed by atoms with Gasteiger partial charge in [0.05, 0.1) is 23.9 Å². The largest absolute Gasteiger partial charge is 0.465 e. The molecule has 158 valence electrons. The number of anilines is 1. The fraction of sp³-hybridized carbons (Fsp3) is 0.217. The summed E-state index contributed by atoms with van der Waals surface area (Å²) in [5, 5.41) is 13.3. The third kappa shape index (κ3) is 3.98. The molecular formula is C23H22N4O3S. The zero-order valence-electron chi connectivity index (χ0n) is 17.7. The summed E-state index contributed by atoms with van der Waals surface area (Å²) in [6, 6.07) is 12.9.